The second-order valence-electron chi connectivity index (χ2n) is 5.21. The first kappa shape index (κ1) is 14.8. The number of carbonyl (C=O) groups is 1. The highest BCUT2D eigenvalue weighted by Gasteiger charge is 2.08. The zero-order valence-electron chi connectivity index (χ0n) is 12.7. The number of benzene rings is 1. The highest BCUT2D eigenvalue weighted by Crippen LogP contribution is 2.13. The number of anilines is 2. The number of aromatic nitrogens is 1. The van der Waals surface area contributed by atoms with Gasteiger partial charge in [0.25, 0.3) is 5.91 Å². The molecule has 23 heavy (non-hydrogen) atoms. The van der Waals surface area contributed by atoms with Crippen molar-refractivity contribution in [3.05, 3.63) is 77.9 Å². The van der Waals surface area contributed by atoms with Crippen LogP contribution in [0.1, 0.15) is 21.7 Å². The van der Waals surface area contributed by atoms with E-state index in [9.17, 15) is 4.79 Å². The normalized spacial score (nSPS) is 10.3. The maximum Gasteiger partial charge on any atom is 0.291 e. The highest BCUT2D eigenvalue weighted by atomic mass is 16.3. The van der Waals surface area contributed by atoms with Crippen LogP contribution in [0, 0.1) is 6.92 Å². The van der Waals surface area contributed by atoms with Crippen molar-refractivity contribution >= 4 is 17.4 Å². The van der Waals surface area contributed by atoms with Crippen molar-refractivity contribution in [3.63, 3.8) is 0 Å². The Morgan fingerprint density at radius 1 is 1.17 bits per heavy atom. The lowest BCUT2D eigenvalue weighted by molar-refractivity contribution is 0.0996. The number of hydrogen-bond acceptors (Lipinski definition) is 4. The van der Waals surface area contributed by atoms with Crippen LogP contribution in [0.3, 0.4) is 0 Å². The summed E-state index contributed by atoms with van der Waals surface area (Å²) in [7, 11) is 0. The third-order valence-corrected chi connectivity index (χ3v) is 3.32. The summed E-state index contributed by atoms with van der Waals surface area (Å²) in [5, 5.41) is 5.98. The third kappa shape index (κ3) is 3.97. The van der Waals surface area contributed by atoms with E-state index in [2.05, 4.69) is 40.7 Å². The van der Waals surface area contributed by atoms with Crippen LogP contribution in [0.2, 0.25) is 0 Å². The van der Waals surface area contributed by atoms with Gasteiger partial charge in [-0.05, 0) is 36.8 Å². The number of aryl methyl sites for hydroxylation is 1. The quantitative estimate of drug-likeness (QED) is 0.751. The molecule has 1 amide bonds. The van der Waals surface area contributed by atoms with E-state index >= 15 is 0 Å². The van der Waals surface area contributed by atoms with Crippen molar-refractivity contribution in [2.45, 2.75) is 13.5 Å². The van der Waals surface area contributed by atoms with Crippen molar-refractivity contribution in [2.24, 2.45) is 0 Å². The molecule has 0 aliphatic heterocycles. The van der Waals surface area contributed by atoms with Gasteiger partial charge in [0, 0.05) is 6.54 Å². The monoisotopic (exact) mass is 307 g/mol. The van der Waals surface area contributed by atoms with Crippen LogP contribution in [0.5, 0.6) is 0 Å². The standard InChI is InChI=1S/C18H17N3O2/c1-13-4-2-5-14(10-13)11-19-17-8-7-15(12-20-17)21-18(22)16-6-3-9-23-16/h2-10,12H,11H2,1H3,(H,19,20)(H,21,22). The van der Waals surface area contributed by atoms with Gasteiger partial charge in [-0.2, -0.15) is 0 Å². The first-order valence-corrected chi connectivity index (χ1v) is 7.31. The smallest absolute Gasteiger partial charge is 0.291 e. The van der Waals surface area contributed by atoms with Crippen LogP contribution in [0.4, 0.5) is 11.5 Å². The topological polar surface area (TPSA) is 67.2 Å². The summed E-state index contributed by atoms with van der Waals surface area (Å²) in [6.45, 7) is 2.77. The van der Waals surface area contributed by atoms with E-state index in [-0.39, 0.29) is 11.7 Å². The molecule has 0 unspecified atom stereocenters. The van der Waals surface area contributed by atoms with Gasteiger partial charge in [-0.3, -0.25) is 4.79 Å². The number of hydrogen-bond donors (Lipinski definition) is 2. The second-order valence-corrected chi connectivity index (χ2v) is 5.21. The largest absolute Gasteiger partial charge is 0.459 e. The molecular weight excluding hydrogens is 290 g/mol. The molecule has 0 aliphatic rings. The lowest BCUT2D eigenvalue weighted by atomic mass is 10.1. The molecule has 1 aromatic carbocycles. The Kier molecular flexibility index (Phi) is 4.38. The van der Waals surface area contributed by atoms with Crippen molar-refractivity contribution in [1.29, 1.82) is 0 Å². The predicted octanol–water partition coefficient (Wildman–Crippen LogP) is 3.85. The lowest BCUT2D eigenvalue weighted by Crippen LogP contribution is -2.11. The minimum Gasteiger partial charge on any atom is -0.459 e. The van der Waals surface area contributed by atoms with E-state index in [4.69, 9.17) is 4.42 Å². The minimum atomic E-state index is -0.294. The molecule has 5 nitrogen and oxygen atoms in total. The van der Waals surface area contributed by atoms with E-state index < -0.39 is 0 Å². The summed E-state index contributed by atoms with van der Waals surface area (Å²) in [6.07, 6.45) is 3.07. The highest BCUT2D eigenvalue weighted by molar-refractivity contribution is 6.02. The Labute approximate surface area is 134 Å². The summed E-state index contributed by atoms with van der Waals surface area (Å²) in [6, 6.07) is 15.2. The molecule has 5 heteroatoms. The molecule has 0 saturated carbocycles. The first-order chi connectivity index (χ1) is 11.2. The molecule has 0 atom stereocenters. The summed E-state index contributed by atoms with van der Waals surface area (Å²) >= 11 is 0. The van der Waals surface area contributed by atoms with Gasteiger partial charge in [0.15, 0.2) is 5.76 Å². The van der Waals surface area contributed by atoms with Gasteiger partial charge in [0.05, 0.1) is 18.1 Å². The molecule has 0 bridgehead atoms. The molecule has 2 aromatic heterocycles. The fourth-order valence-corrected chi connectivity index (χ4v) is 2.19. The van der Waals surface area contributed by atoms with E-state index in [1.807, 2.05) is 12.1 Å². The summed E-state index contributed by atoms with van der Waals surface area (Å²) in [4.78, 5) is 16.1. The molecule has 3 aromatic rings. The number of amides is 1. The van der Waals surface area contributed by atoms with Crippen LogP contribution < -0.4 is 10.6 Å². The van der Waals surface area contributed by atoms with E-state index in [0.717, 1.165) is 5.82 Å². The predicted molar refractivity (Wildman–Crippen MR) is 89.4 cm³/mol. The fraction of sp³-hybridized carbons (Fsp3) is 0.111. The SMILES string of the molecule is Cc1cccc(CNc2ccc(NC(=O)c3ccco3)cn2)c1. The summed E-state index contributed by atoms with van der Waals surface area (Å²) < 4.78 is 5.04. The summed E-state index contributed by atoms with van der Waals surface area (Å²) in [5.41, 5.74) is 3.04. The molecule has 2 N–H and O–H groups in total. The van der Waals surface area contributed by atoms with E-state index in [1.54, 1.807) is 24.4 Å². The van der Waals surface area contributed by atoms with Crippen molar-refractivity contribution in [3.8, 4) is 0 Å². The zero-order valence-corrected chi connectivity index (χ0v) is 12.7. The molecule has 0 fully saturated rings. The van der Waals surface area contributed by atoms with Gasteiger partial charge in [0.2, 0.25) is 0 Å². The lowest BCUT2D eigenvalue weighted by Gasteiger charge is -2.08. The zero-order chi connectivity index (χ0) is 16.1. The molecular formula is C18H17N3O2. The van der Waals surface area contributed by atoms with Gasteiger partial charge in [-0.1, -0.05) is 29.8 Å². The second kappa shape index (κ2) is 6.79. The molecule has 0 radical (unpaired) electrons. The number of furan rings is 1. The Hall–Kier alpha value is -3.08. The van der Waals surface area contributed by atoms with Crippen LogP contribution in [-0.4, -0.2) is 10.9 Å². The fourth-order valence-electron chi connectivity index (χ4n) is 2.19. The molecule has 0 saturated heterocycles. The maximum absolute atomic E-state index is 11.9. The van der Waals surface area contributed by atoms with Gasteiger partial charge in [-0.25, -0.2) is 4.98 Å². The third-order valence-electron chi connectivity index (χ3n) is 3.32. The average molecular weight is 307 g/mol. The molecule has 116 valence electrons. The molecule has 0 aliphatic carbocycles. The van der Waals surface area contributed by atoms with Crippen LogP contribution in [0.15, 0.2) is 65.4 Å². The maximum atomic E-state index is 11.9. The number of pyridine rings is 1. The van der Waals surface area contributed by atoms with Crippen molar-refractivity contribution in [2.75, 3.05) is 10.6 Å². The van der Waals surface area contributed by atoms with Gasteiger partial charge >= 0.3 is 0 Å². The van der Waals surface area contributed by atoms with Crippen LogP contribution >= 0.6 is 0 Å². The Morgan fingerprint density at radius 2 is 2.09 bits per heavy atom. The minimum absolute atomic E-state index is 0.270. The van der Waals surface area contributed by atoms with E-state index in [0.29, 0.717) is 12.2 Å². The van der Waals surface area contributed by atoms with Gasteiger partial charge in [0.1, 0.15) is 5.82 Å². The first-order valence-electron chi connectivity index (χ1n) is 7.31. The Morgan fingerprint density at radius 3 is 2.78 bits per heavy atom. The van der Waals surface area contributed by atoms with E-state index in [1.165, 1.54) is 17.4 Å². The van der Waals surface area contributed by atoms with Crippen LogP contribution in [0.25, 0.3) is 0 Å². The molecule has 2 heterocycles. The average Bonchev–Trinajstić information content (AvgIpc) is 3.09. The number of rotatable bonds is 5. The number of nitrogens with zero attached hydrogens (tertiary/aromatic N) is 1. The Balaban J connectivity index is 1.58. The van der Waals surface area contributed by atoms with Gasteiger partial charge < -0.3 is 15.1 Å². The molecule has 3 rings (SSSR count). The molecule has 0 spiro atoms. The number of nitrogens with one attached hydrogen (secondary N) is 2. The Bertz CT molecular complexity index is 780. The van der Waals surface area contributed by atoms with Crippen molar-refractivity contribution in [1.82, 2.24) is 4.98 Å². The van der Waals surface area contributed by atoms with Gasteiger partial charge in [-0.15, -0.1) is 0 Å². The summed E-state index contributed by atoms with van der Waals surface area (Å²) in [5.74, 6) is 0.728. The van der Waals surface area contributed by atoms with Crippen molar-refractivity contribution < 1.29 is 9.21 Å². The number of carbonyl (C=O) groups excluding carboxylic acids is 1. The van der Waals surface area contributed by atoms with Crippen LogP contribution in [-0.2, 0) is 6.54 Å².